The molecule has 1 saturated carbocycles. The second-order valence-corrected chi connectivity index (χ2v) is 6.50. The summed E-state index contributed by atoms with van der Waals surface area (Å²) >= 11 is 0. The fourth-order valence-electron chi connectivity index (χ4n) is 3.52. The molecule has 120 valence electrons. The molecule has 1 aliphatic rings. The summed E-state index contributed by atoms with van der Waals surface area (Å²) in [5.74, 6) is -0.243. The van der Waals surface area contributed by atoms with Crippen LogP contribution in [0.5, 0.6) is 0 Å². The third kappa shape index (κ3) is 2.88. The largest absolute Gasteiger partial charge is 0.325 e. The van der Waals surface area contributed by atoms with Crippen LogP contribution in [0.2, 0.25) is 0 Å². The van der Waals surface area contributed by atoms with Gasteiger partial charge in [-0.15, -0.1) is 0 Å². The van der Waals surface area contributed by atoms with Crippen LogP contribution in [0.4, 0.5) is 10.1 Å². The molecule has 0 bridgehead atoms. The third-order valence-electron chi connectivity index (χ3n) is 5.14. The average Bonchev–Trinajstić information content (AvgIpc) is 3.03. The summed E-state index contributed by atoms with van der Waals surface area (Å²) in [6.07, 6.45) is 3.68. The zero-order valence-electron chi connectivity index (χ0n) is 13.7. The van der Waals surface area contributed by atoms with Crippen molar-refractivity contribution in [3.8, 4) is 0 Å². The molecule has 0 heterocycles. The lowest BCUT2D eigenvalue weighted by Gasteiger charge is -2.29. The first kappa shape index (κ1) is 15.7. The topological polar surface area (TPSA) is 29.1 Å². The predicted octanol–water partition coefficient (Wildman–Crippen LogP) is 4.89. The number of carbonyl (C=O) groups excluding carboxylic acids is 1. The van der Waals surface area contributed by atoms with Crippen LogP contribution >= 0.6 is 0 Å². The van der Waals surface area contributed by atoms with Crippen LogP contribution in [0.1, 0.15) is 42.4 Å². The fraction of sp³-hybridized carbons (Fsp3) is 0.350. The van der Waals surface area contributed by atoms with Gasteiger partial charge in [0, 0.05) is 5.69 Å². The van der Waals surface area contributed by atoms with Gasteiger partial charge in [-0.25, -0.2) is 4.39 Å². The standard InChI is InChI=1S/C20H22FNO/c1-14-6-5-7-18(15(14)2)22-19(23)20(12-3-4-13-20)16-8-10-17(21)11-9-16/h5-11H,3-4,12-13H2,1-2H3,(H,22,23). The van der Waals surface area contributed by atoms with Gasteiger partial charge >= 0.3 is 0 Å². The highest BCUT2D eigenvalue weighted by Gasteiger charge is 2.42. The molecule has 0 aromatic heterocycles. The molecule has 3 rings (SSSR count). The Morgan fingerprint density at radius 1 is 1.04 bits per heavy atom. The highest BCUT2D eigenvalue weighted by Crippen LogP contribution is 2.42. The molecule has 1 amide bonds. The van der Waals surface area contributed by atoms with Crippen molar-refractivity contribution in [2.75, 3.05) is 5.32 Å². The van der Waals surface area contributed by atoms with E-state index in [0.29, 0.717) is 0 Å². The Morgan fingerprint density at radius 3 is 2.35 bits per heavy atom. The molecular weight excluding hydrogens is 289 g/mol. The number of hydrogen-bond donors (Lipinski definition) is 1. The number of benzene rings is 2. The van der Waals surface area contributed by atoms with Gasteiger partial charge in [-0.1, -0.05) is 37.1 Å². The molecule has 0 spiro atoms. The summed E-state index contributed by atoms with van der Waals surface area (Å²) in [6.45, 7) is 4.06. The second kappa shape index (κ2) is 6.15. The van der Waals surface area contributed by atoms with Crippen molar-refractivity contribution in [1.82, 2.24) is 0 Å². The Labute approximate surface area is 136 Å². The minimum absolute atomic E-state index is 0.0234. The number of anilines is 1. The van der Waals surface area contributed by atoms with E-state index < -0.39 is 5.41 Å². The van der Waals surface area contributed by atoms with E-state index >= 15 is 0 Å². The molecule has 0 atom stereocenters. The Bertz CT molecular complexity index is 715. The van der Waals surface area contributed by atoms with Crippen molar-refractivity contribution in [2.45, 2.75) is 44.9 Å². The fourth-order valence-corrected chi connectivity index (χ4v) is 3.52. The number of halogens is 1. The van der Waals surface area contributed by atoms with Crippen LogP contribution in [0.25, 0.3) is 0 Å². The average molecular weight is 311 g/mol. The summed E-state index contributed by atoms with van der Waals surface area (Å²) in [5.41, 5.74) is 3.49. The van der Waals surface area contributed by atoms with Crippen molar-refractivity contribution < 1.29 is 9.18 Å². The number of carbonyl (C=O) groups is 1. The van der Waals surface area contributed by atoms with E-state index in [-0.39, 0.29) is 11.7 Å². The highest BCUT2D eigenvalue weighted by atomic mass is 19.1. The van der Waals surface area contributed by atoms with Crippen LogP contribution in [-0.4, -0.2) is 5.91 Å². The third-order valence-corrected chi connectivity index (χ3v) is 5.14. The van der Waals surface area contributed by atoms with E-state index in [2.05, 4.69) is 5.32 Å². The lowest BCUT2D eigenvalue weighted by atomic mass is 9.78. The molecule has 1 aliphatic carbocycles. The number of aryl methyl sites for hydroxylation is 1. The molecule has 0 unspecified atom stereocenters. The van der Waals surface area contributed by atoms with E-state index in [1.165, 1.54) is 12.1 Å². The number of nitrogens with one attached hydrogen (secondary N) is 1. The second-order valence-electron chi connectivity index (χ2n) is 6.50. The van der Waals surface area contributed by atoms with Crippen molar-refractivity contribution >= 4 is 11.6 Å². The summed E-state index contributed by atoms with van der Waals surface area (Å²) in [5, 5.41) is 3.11. The molecule has 3 heteroatoms. The SMILES string of the molecule is Cc1cccc(NC(=O)C2(c3ccc(F)cc3)CCCC2)c1C. The maximum Gasteiger partial charge on any atom is 0.235 e. The first-order chi connectivity index (χ1) is 11.0. The molecule has 2 nitrogen and oxygen atoms in total. The van der Waals surface area contributed by atoms with Crippen LogP contribution in [0.15, 0.2) is 42.5 Å². The van der Waals surface area contributed by atoms with Gasteiger partial charge in [0.25, 0.3) is 0 Å². The number of rotatable bonds is 3. The Morgan fingerprint density at radius 2 is 1.70 bits per heavy atom. The van der Waals surface area contributed by atoms with Gasteiger partial charge in [-0.05, 0) is 61.6 Å². The van der Waals surface area contributed by atoms with Gasteiger partial charge in [0.05, 0.1) is 5.41 Å². The van der Waals surface area contributed by atoms with Crippen LogP contribution in [-0.2, 0) is 10.2 Å². The Kier molecular flexibility index (Phi) is 4.20. The van der Waals surface area contributed by atoms with Crippen molar-refractivity contribution in [2.24, 2.45) is 0 Å². The van der Waals surface area contributed by atoms with Gasteiger partial charge in [-0.3, -0.25) is 4.79 Å². The summed E-state index contributed by atoms with van der Waals surface area (Å²) in [7, 11) is 0. The molecule has 1 fully saturated rings. The van der Waals surface area contributed by atoms with Gasteiger partial charge in [0.2, 0.25) is 5.91 Å². The molecule has 1 N–H and O–H groups in total. The van der Waals surface area contributed by atoms with Crippen molar-refractivity contribution in [3.63, 3.8) is 0 Å². The predicted molar refractivity (Wildman–Crippen MR) is 91.1 cm³/mol. The van der Waals surface area contributed by atoms with Crippen molar-refractivity contribution in [3.05, 3.63) is 65.0 Å². The van der Waals surface area contributed by atoms with Crippen LogP contribution in [0.3, 0.4) is 0 Å². The van der Waals surface area contributed by atoms with Crippen molar-refractivity contribution in [1.29, 1.82) is 0 Å². The summed E-state index contributed by atoms with van der Waals surface area (Å²) in [6, 6.07) is 12.3. The molecule has 2 aromatic carbocycles. The summed E-state index contributed by atoms with van der Waals surface area (Å²) < 4.78 is 13.2. The first-order valence-corrected chi connectivity index (χ1v) is 8.17. The monoisotopic (exact) mass is 311 g/mol. The van der Waals surface area contributed by atoms with Gasteiger partial charge in [0.1, 0.15) is 5.82 Å². The first-order valence-electron chi connectivity index (χ1n) is 8.17. The lowest BCUT2D eigenvalue weighted by Crippen LogP contribution is -2.38. The molecule has 2 aromatic rings. The molecular formula is C20H22FNO. The smallest absolute Gasteiger partial charge is 0.235 e. The Hall–Kier alpha value is -2.16. The van der Waals surface area contributed by atoms with E-state index in [4.69, 9.17) is 0 Å². The van der Waals surface area contributed by atoms with Crippen LogP contribution < -0.4 is 5.32 Å². The highest BCUT2D eigenvalue weighted by molar-refractivity contribution is 6.00. The minimum atomic E-state index is -0.538. The molecule has 0 aliphatic heterocycles. The van der Waals surface area contributed by atoms with Gasteiger partial charge < -0.3 is 5.32 Å². The van der Waals surface area contributed by atoms with Crippen LogP contribution in [0, 0.1) is 19.7 Å². The van der Waals surface area contributed by atoms with E-state index in [9.17, 15) is 9.18 Å². The molecule has 0 radical (unpaired) electrons. The van der Waals surface area contributed by atoms with E-state index in [1.54, 1.807) is 12.1 Å². The van der Waals surface area contributed by atoms with Gasteiger partial charge in [0.15, 0.2) is 0 Å². The van der Waals surface area contributed by atoms with Gasteiger partial charge in [-0.2, -0.15) is 0 Å². The summed E-state index contributed by atoms with van der Waals surface area (Å²) in [4.78, 5) is 13.1. The zero-order chi connectivity index (χ0) is 16.4. The zero-order valence-corrected chi connectivity index (χ0v) is 13.7. The number of hydrogen-bond acceptors (Lipinski definition) is 1. The lowest BCUT2D eigenvalue weighted by molar-refractivity contribution is -0.121. The molecule has 0 saturated heterocycles. The van der Waals surface area contributed by atoms with E-state index in [1.807, 2.05) is 32.0 Å². The minimum Gasteiger partial charge on any atom is -0.325 e. The maximum atomic E-state index is 13.2. The maximum absolute atomic E-state index is 13.2. The quantitative estimate of drug-likeness (QED) is 0.859. The van der Waals surface area contributed by atoms with E-state index in [0.717, 1.165) is 48.1 Å². The number of amides is 1. The molecule has 23 heavy (non-hydrogen) atoms. The normalized spacial score (nSPS) is 16.3. The Balaban J connectivity index is 1.93.